The number of aldehydes is 2. The second kappa shape index (κ2) is 12.3. The van der Waals surface area contributed by atoms with Crippen molar-refractivity contribution in [1.82, 2.24) is 0 Å². The first-order chi connectivity index (χ1) is 13.1. The van der Waals surface area contributed by atoms with Crippen LogP contribution in [0.4, 0.5) is 0 Å². The molecule has 0 fully saturated rings. The molecule has 2 aromatic rings. The Kier molecular flexibility index (Phi) is 10.0. The van der Waals surface area contributed by atoms with Gasteiger partial charge in [-0.1, -0.05) is 0 Å². The van der Waals surface area contributed by atoms with Gasteiger partial charge in [0.25, 0.3) is 0 Å². The van der Waals surface area contributed by atoms with Gasteiger partial charge in [0.05, 0.1) is 20.8 Å². The van der Waals surface area contributed by atoms with Crippen LogP contribution in [0.15, 0.2) is 36.4 Å². The van der Waals surface area contributed by atoms with Gasteiger partial charge in [-0.05, 0) is 36.4 Å². The number of hydrogen-bond acceptors (Lipinski definition) is 7. The Labute approximate surface area is 158 Å². The minimum absolute atomic E-state index is 0.0166. The highest BCUT2D eigenvalue weighted by molar-refractivity contribution is 5.76. The first kappa shape index (κ1) is 22.0. The van der Waals surface area contributed by atoms with Crippen LogP contribution in [0.25, 0.3) is 0 Å². The van der Waals surface area contributed by atoms with E-state index >= 15 is 0 Å². The second-order valence-corrected chi connectivity index (χ2v) is 5.27. The summed E-state index contributed by atoms with van der Waals surface area (Å²) in [6, 6.07) is 9.54. The summed E-state index contributed by atoms with van der Waals surface area (Å²) in [5.41, 5.74) is 1.01. The lowest BCUT2D eigenvalue weighted by atomic mass is 10.2. The molecule has 0 saturated heterocycles. The number of phenols is 1. The summed E-state index contributed by atoms with van der Waals surface area (Å²) in [6.45, 7) is 1.18. The number of phenolic OH excluding ortho intramolecular Hbond substituents is 1. The number of hydrogen-bond donors (Lipinski definition) is 1. The van der Waals surface area contributed by atoms with Crippen molar-refractivity contribution in [1.29, 1.82) is 0 Å². The molecule has 0 bridgehead atoms. The summed E-state index contributed by atoms with van der Waals surface area (Å²) in [5, 5.41) is 9.14. The van der Waals surface area contributed by atoms with Crippen molar-refractivity contribution in [3.05, 3.63) is 47.5 Å². The van der Waals surface area contributed by atoms with Crippen LogP contribution in [-0.2, 0) is 4.74 Å². The van der Waals surface area contributed by atoms with Crippen LogP contribution in [0.3, 0.4) is 0 Å². The van der Waals surface area contributed by atoms with Gasteiger partial charge < -0.3 is 24.1 Å². The molecule has 0 amide bonds. The molecule has 0 radical (unpaired) electrons. The van der Waals surface area contributed by atoms with Crippen molar-refractivity contribution >= 4 is 12.6 Å². The zero-order valence-electron chi connectivity index (χ0n) is 15.6. The SMILES string of the molecule is COCCCOc1cc(C=O)ccc1OC.COc1ccc(C=O)cc1O. The predicted molar refractivity (Wildman–Crippen MR) is 100 cm³/mol. The number of ether oxygens (including phenoxy) is 4. The fourth-order valence-corrected chi connectivity index (χ4v) is 2.05. The average Bonchev–Trinajstić information content (AvgIpc) is 2.71. The van der Waals surface area contributed by atoms with Crippen molar-refractivity contribution in [2.24, 2.45) is 0 Å². The number of benzene rings is 2. The molecule has 1 N–H and O–H groups in total. The lowest BCUT2D eigenvalue weighted by Gasteiger charge is -2.10. The minimum atomic E-state index is -0.0166. The highest BCUT2D eigenvalue weighted by Crippen LogP contribution is 2.27. The highest BCUT2D eigenvalue weighted by atomic mass is 16.5. The van der Waals surface area contributed by atoms with Crippen LogP contribution < -0.4 is 14.2 Å². The summed E-state index contributed by atoms with van der Waals surface area (Å²) < 4.78 is 20.3. The van der Waals surface area contributed by atoms with Gasteiger partial charge in [-0.3, -0.25) is 9.59 Å². The van der Waals surface area contributed by atoms with E-state index in [9.17, 15) is 9.59 Å². The van der Waals surface area contributed by atoms with Crippen molar-refractivity contribution in [2.45, 2.75) is 6.42 Å². The topological polar surface area (TPSA) is 91.3 Å². The molecule has 0 aliphatic carbocycles. The monoisotopic (exact) mass is 376 g/mol. The zero-order chi connectivity index (χ0) is 20.1. The van der Waals surface area contributed by atoms with E-state index in [0.717, 1.165) is 12.7 Å². The Morgan fingerprint density at radius 2 is 1.41 bits per heavy atom. The lowest BCUT2D eigenvalue weighted by molar-refractivity contribution is 0.111. The van der Waals surface area contributed by atoms with Crippen LogP contribution in [0.2, 0.25) is 0 Å². The maximum atomic E-state index is 10.6. The van der Waals surface area contributed by atoms with Crippen molar-refractivity contribution in [2.75, 3.05) is 34.5 Å². The Morgan fingerprint density at radius 3 is 1.93 bits per heavy atom. The molecular formula is C20H24O7. The van der Waals surface area contributed by atoms with Crippen molar-refractivity contribution < 1.29 is 33.6 Å². The number of aromatic hydroxyl groups is 1. The van der Waals surface area contributed by atoms with Gasteiger partial charge in [-0.2, -0.15) is 0 Å². The maximum absolute atomic E-state index is 10.6. The Hall–Kier alpha value is -3.06. The Balaban J connectivity index is 0.000000289. The van der Waals surface area contributed by atoms with Gasteiger partial charge in [0.2, 0.25) is 0 Å². The second-order valence-electron chi connectivity index (χ2n) is 5.27. The first-order valence-electron chi connectivity index (χ1n) is 8.16. The Bertz CT molecular complexity index is 728. The maximum Gasteiger partial charge on any atom is 0.161 e. The molecule has 0 aliphatic rings. The average molecular weight is 376 g/mol. The van der Waals surface area contributed by atoms with Crippen LogP contribution in [-0.4, -0.2) is 52.2 Å². The van der Waals surface area contributed by atoms with Crippen LogP contribution in [0, 0.1) is 0 Å². The van der Waals surface area contributed by atoms with E-state index in [0.29, 0.717) is 47.9 Å². The normalized spacial score (nSPS) is 9.59. The third-order valence-electron chi connectivity index (χ3n) is 3.41. The van der Waals surface area contributed by atoms with E-state index in [1.807, 2.05) is 0 Å². The van der Waals surface area contributed by atoms with Gasteiger partial charge in [0.1, 0.15) is 12.6 Å². The van der Waals surface area contributed by atoms with Gasteiger partial charge in [0.15, 0.2) is 23.0 Å². The molecule has 0 unspecified atom stereocenters. The van der Waals surface area contributed by atoms with Gasteiger partial charge >= 0.3 is 0 Å². The van der Waals surface area contributed by atoms with Gasteiger partial charge in [0, 0.05) is 31.3 Å². The standard InChI is InChI=1S/C12H16O4.C8H8O3/c1-14-6-3-7-16-12-8-10(9-13)4-5-11(12)15-2;1-11-8-3-2-6(5-9)4-7(8)10/h4-5,8-9H,3,6-7H2,1-2H3;2-5,10H,1H3. The quantitative estimate of drug-likeness (QED) is 0.531. The number of rotatable bonds is 9. The van der Waals surface area contributed by atoms with Crippen LogP contribution in [0.1, 0.15) is 27.1 Å². The van der Waals surface area contributed by atoms with E-state index in [4.69, 9.17) is 24.1 Å². The van der Waals surface area contributed by atoms with Crippen LogP contribution in [0.5, 0.6) is 23.0 Å². The number of methoxy groups -OCH3 is 3. The van der Waals surface area contributed by atoms with E-state index in [1.165, 1.54) is 13.2 Å². The molecule has 0 atom stereocenters. The molecular weight excluding hydrogens is 352 g/mol. The summed E-state index contributed by atoms with van der Waals surface area (Å²) in [4.78, 5) is 20.8. The van der Waals surface area contributed by atoms with E-state index in [-0.39, 0.29) is 5.75 Å². The fourth-order valence-electron chi connectivity index (χ4n) is 2.05. The molecule has 0 saturated carbocycles. The molecule has 146 valence electrons. The predicted octanol–water partition coefficient (Wildman–Crippen LogP) is 3.14. The molecule has 0 aromatic heterocycles. The first-order valence-corrected chi connectivity index (χ1v) is 8.16. The van der Waals surface area contributed by atoms with Crippen LogP contribution >= 0.6 is 0 Å². The molecule has 7 heteroatoms. The molecule has 0 aliphatic heterocycles. The largest absolute Gasteiger partial charge is 0.504 e. The van der Waals surface area contributed by atoms with Gasteiger partial charge in [-0.25, -0.2) is 0 Å². The zero-order valence-corrected chi connectivity index (χ0v) is 15.6. The highest BCUT2D eigenvalue weighted by Gasteiger charge is 2.05. The summed E-state index contributed by atoms with van der Waals surface area (Å²) >= 11 is 0. The summed E-state index contributed by atoms with van der Waals surface area (Å²) in [6.07, 6.45) is 2.24. The third kappa shape index (κ3) is 7.37. The minimum Gasteiger partial charge on any atom is -0.504 e. The molecule has 2 aromatic carbocycles. The van der Waals surface area contributed by atoms with Crippen molar-refractivity contribution in [3.63, 3.8) is 0 Å². The van der Waals surface area contributed by atoms with E-state index in [2.05, 4.69) is 0 Å². The number of carbonyl (C=O) groups excluding carboxylic acids is 2. The molecule has 27 heavy (non-hydrogen) atoms. The fraction of sp³-hybridized carbons (Fsp3) is 0.300. The van der Waals surface area contributed by atoms with E-state index in [1.54, 1.807) is 44.6 Å². The lowest BCUT2D eigenvalue weighted by Crippen LogP contribution is -2.03. The third-order valence-corrected chi connectivity index (χ3v) is 3.41. The van der Waals surface area contributed by atoms with Crippen molar-refractivity contribution in [3.8, 4) is 23.0 Å². The Morgan fingerprint density at radius 1 is 0.815 bits per heavy atom. The molecule has 0 spiro atoms. The van der Waals surface area contributed by atoms with Gasteiger partial charge in [-0.15, -0.1) is 0 Å². The summed E-state index contributed by atoms with van der Waals surface area (Å²) in [7, 11) is 4.67. The summed E-state index contributed by atoms with van der Waals surface area (Å²) in [5.74, 6) is 1.57. The molecule has 0 heterocycles. The smallest absolute Gasteiger partial charge is 0.161 e. The molecule has 7 nitrogen and oxygen atoms in total. The van der Waals surface area contributed by atoms with E-state index < -0.39 is 0 Å². The number of carbonyl (C=O) groups is 2. The molecule has 2 rings (SSSR count).